The third kappa shape index (κ3) is 4.47. The maximum Gasteiger partial charge on any atom is 0.417 e. The standard InChI is InChI=1S/C20H12F4N2S/c21-15-8-6-14(7-9-15)18-10-17(20(22,23)24)16(11-25)19(26-18)27-12-13-4-2-1-3-5-13/h1-10H,12H2. The summed E-state index contributed by atoms with van der Waals surface area (Å²) in [7, 11) is 0. The molecule has 0 saturated heterocycles. The van der Waals surface area contributed by atoms with Crippen LogP contribution in [0.3, 0.4) is 0 Å². The SMILES string of the molecule is N#Cc1c(C(F)(F)F)cc(-c2ccc(F)cc2)nc1SCc1ccccc1. The van der Waals surface area contributed by atoms with Gasteiger partial charge in [-0.15, -0.1) is 11.8 Å². The molecule has 1 heterocycles. The van der Waals surface area contributed by atoms with Crippen molar-refractivity contribution in [2.45, 2.75) is 17.0 Å². The summed E-state index contributed by atoms with van der Waals surface area (Å²) in [5, 5.41) is 9.30. The number of nitriles is 1. The van der Waals surface area contributed by atoms with Crippen LogP contribution < -0.4 is 0 Å². The summed E-state index contributed by atoms with van der Waals surface area (Å²) in [4.78, 5) is 4.25. The smallest absolute Gasteiger partial charge is 0.240 e. The highest BCUT2D eigenvalue weighted by atomic mass is 32.2. The molecular formula is C20H12F4N2S. The molecule has 0 saturated carbocycles. The molecule has 0 aliphatic carbocycles. The molecule has 3 aromatic rings. The van der Waals surface area contributed by atoms with Crippen LogP contribution in [-0.4, -0.2) is 4.98 Å². The Kier molecular flexibility index (Phi) is 5.47. The zero-order valence-corrected chi connectivity index (χ0v) is 14.6. The van der Waals surface area contributed by atoms with E-state index in [-0.39, 0.29) is 10.7 Å². The number of nitrogens with zero attached hydrogens (tertiary/aromatic N) is 2. The van der Waals surface area contributed by atoms with Gasteiger partial charge in [0.05, 0.1) is 16.8 Å². The van der Waals surface area contributed by atoms with Gasteiger partial charge in [-0.2, -0.15) is 18.4 Å². The van der Waals surface area contributed by atoms with Crippen LogP contribution in [0.5, 0.6) is 0 Å². The minimum Gasteiger partial charge on any atom is -0.240 e. The van der Waals surface area contributed by atoms with E-state index in [0.717, 1.165) is 35.5 Å². The molecule has 0 bridgehead atoms. The third-order valence-corrected chi connectivity index (χ3v) is 4.81. The van der Waals surface area contributed by atoms with Gasteiger partial charge >= 0.3 is 6.18 Å². The van der Waals surface area contributed by atoms with Crippen LogP contribution in [-0.2, 0) is 11.9 Å². The molecule has 2 nitrogen and oxygen atoms in total. The van der Waals surface area contributed by atoms with Crippen LogP contribution in [0.2, 0.25) is 0 Å². The highest BCUT2D eigenvalue weighted by molar-refractivity contribution is 7.98. The molecule has 3 rings (SSSR count). The molecule has 0 atom stereocenters. The Hall–Kier alpha value is -2.85. The van der Waals surface area contributed by atoms with Gasteiger partial charge in [-0.3, -0.25) is 0 Å². The summed E-state index contributed by atoms with van der Waals surface area (Å²) in [5.41, 5.74) is -0.275. The minimum absolute atomic E-state index is 0.00416. The van der Waals surface area contributed by atoms with Crippen molar-refractivity contribution in [1.82, 2.24) is 4.98 Å². The summed E-state index contributed by atoms with van der Waals surface area (Å²) in [6.07, 6.45) is -4.70. The molecule has 0 spiro atoms. The lowest BCUT2D eigenvalue weighted by Gasteiger charge is -2.14. The first-order valence-corrected chi connectivity index (χ1v) is 8.82. The summed E-state index contributed by atoms with van der Waals surface area (Å²) in [5.74, 6) is -0.130. The van der Waals surface area contributed by atoms with Gasteiger partial charge in [0, 0.05) is 11.3 Å². The first kappa shape index (κ1) is 18.9. The number of halogens is 4. The molecule has 1 aromatic heterocycles. The fourth-order valence-electron chi connectivity index (χ4n) is 2.45. The van der Waals surface area contributed by atoms with Crippen molar-refractivity contribution in [3.8, 4) is 17.3 Å². The fourth-order valence-corrected chi connectivity index (χ4v) is 3.41. The second kappa shape index (κ2) is 7.80. The summed E-state index contributed by atoms with van der Waals surface area (Å²) < 4.78 is 53.6. The first-order valence-electron chi connectivity index (χ1n) is 7.83. The van der Waals surface area contributed by atoms with Crippen molar-refractivity contribution >= 4 is 11.8 Å². The zero-order valence-electron chi connectivity index (χ0n) is 13.8. The van der Waals surface area contributed by atoms with Crippen LogP contribution in [0.15, 0.2) is 65.7 Å². The molecule has 27 heavy (non-hydrogen) atoms. The Morgan fingerprint density at radius 3 is 2.26 bits per heavy atom. The van der Waals surface area contributed by atoms with Crippen LogP contribution in [0.4, 0.5) is 17.6 Å². The van der Waals surface area contributed by atoms with Gasteiger partial charge < -0.3 is 0 Å². The molecule has 0 aliphatic heterocycles. The Labute approximate surface area is 157 Å². The average Bonchev–Trinajstić information content (AvgIpc) is 2.66. The Morgan fingerprint density at radius 2 is 1.67 bits per heavy atom. The normalized spacial score (nSPS) is 11.2. The fraction of sp³-hybridized carbons (Fsp3) is 0.100. The van der Waals surface area contributed by atoms with Crippen LogP contribution >= 0.6 is 11.8 Å². The number of pyridine rings is 1. The molecule has 7 heteroatoms. The Bertz CT molecular complexity index is 978. The topological polar surface area (TPSA) is 36.7 Å². The number of rotatable bonds is 4. The van der Waals surface area contributed by atoms with Gasteiger partial charge in [0.2, 0.25) is 0 Å². The van der Waals surface area contributed by atoms with E-state index in [0.29, 0.717) is 11.3 Å². The molecule has 0 radical (unpaired) electrons. The van der Waals surface area contributed by atoms with E-state index >= 15 is 0 Å². The monoisotopic (exact) mass is 388 g/mol. The molecule has 0 amide bonds. The number of alkyl halides is 3. The van der Waals surface area contributed by atoms with Gasteiger partial charge in [0.1, 0.15) is 16.9 Å². The van der Waals surface area contributed by atoms with Crippen molar-refractivity contribution < 1.29 is 17.6 Å². The van der Waals surface area contributed by atoms with Crippen LogP contribution in [0, 0.1) is 17.1 Å². The maximum atomic E-state index is 13.5. The molecular weight excluding hydrogens is 376 g/mol. The first-order chi connectivity index (χ1) is 12.9. The van der Waals surface area contributed by atoms with E-state index < -0.39 is 23.1 Å². The summed E-state index contributed by atoms with van der Waals surface area (Å²) in [6, 6.07) is 16.6. The molecule has 0 N–H and O–H groups in total. The van der Waals surface area contributed by atoms with Crippen molar-refractivity contribution in [2.75, 3.05) is 0 Å². The lowest BCUT2D eigenvalue weighted by atomic mass is 10.1. The molecule has 0 aliphatic rings. The third-order valence-electron chi connectivity index (χ3n) is 3.76. The Morgan fingerprint density at radius 1 is 1.00 bits per heavy atom. The van der Waals surface area contributed by atoms with E-state index in [1.165, 1.54) is 12.1 Å². The number of benzene rings is 2. The molecule has 0 fully saturated rings. The number of hydrogen-bond acceptors (Lipinski definition) is 3. The molecule has 136 valence electrons. The Balaban J connectivity index is 2.08. The van der Waals surface area contributed by atoms with E-state index in [2.05, 4.69) is 4.98 Å². The lowest BCUT2D eigenvalue weighted by Crippen LogP contribution is -2.10. The number of hydrogen-bond donors (Lipinski definition) is 0. The highest BCUT2D eigenvalue weighted by Gasteiger charge is 2.36. The van der Waals surface area contributed by atoms with Crippen LogP contribution in [0.1, 0.15) is 16.7 Å². The number of thioether (sulfide) groups is 1. The van der Waals surface area contributed by atoms with E-state index in [9.17, 15) is 22.8 Å². The van der Waals surface area contributed by atoms with Crippen molar-refractivity contribution in [3.63, 3.8) is 0 Å². The van der Waals surface area contributed by atoms with Gasteiger partial charge in [-0.25, -0.2) is 9.37 Å². The van der Waals surface area contributed by atoms with Crippen molar-refractivity contribution in [2.24, 2.45) is 0 Å². The predicted octanol–water partition coefficient (Wildman–Crippen LogP) is 6.07. The summed E-state index contributed by atoms with van der Waals surface area (Å²) >= 11 is 1.06. The lowest BCUT2D eigenvalue weighted by molar-refractivity contribution is -0.138. The average molecular weight is 388 g/mol. The second-order valence-electron chi connectivity index (χ2n) is 5.63. The van der Waals surface area contributed by atoms with Crippen molar-refractivity contribution in [1.29, 1.82) is 5.26 Å². The number of aromatic nitrogens is 1. The van der Waals surface area contributed by atoms with Crippen LogP contribution in [0.25, 0.3) is 11.3 Å². The van der Waals surface area contributed by atoms with Gasteiger partial charge in [-0.1, -0.05) is 30.3 Å². The minimum atomic E-state index is -4.70. The van der Waals surface area contributed by atoms with E-state index in [4.69, 9.17) is 0 Å². The maximum absolute atomic E-state index is 13.5. The molecule has 2 aromatic carbocycles. The zero-order chi connectivity index (χ0) is 19.4. The van der Waals surface area contributed by atoms with Gasteiger partial charge in [-0.05, 0) is 35.9 Å². The van der Waals surface area contributed by atoms with E-state index in [1.807, 2.05) is 30.3 Å². The van der Waals surface area contributed by atoms with E-state index in [1.54, 1.807) is 6.07 Å². The summed E-state index contributed by atoms with van der Waals surface area (Å²) in [6.45, 7) is 0. The second-order valence-corrected chi connectivity index (χ2v) is 6.59. The van der Waals surface area contributed by atoms with Gasteiger partial charge in [0.15, 0.2) is 0 Å². The predicted molar refractivity (Wildman–Crippen MR) is 95.4 cm³/mol. The highest BCUT2D eigenvalue weighted by Crippen LogP contribution is 2.38. The van der Waals surface area contributed by atoms with Gasteiger partial charge in [0.25, 0.3) is 0 Å². The quantitative estimate of drug-likeness (QED) is 0.402. The molecule has 0 unspecified atom stereocenters. The largest absolute Gasteiger partial charge is 0.417 e. The van der Waals surface area contributed by atoms with Crippen molar-refractivity contribution in [3.05, 3.63) is 83.2 Å².